The molecule has 0 aromatic heterocycles. The van der Waals surface area contributed by atoms with Gasteiger partial charge in [0.15, 0.2) is 0 Å². The summed E-state index contributed by atoms with van der Waals surface area (Å²) >= 11 is 0. The van der Waals surface area contributed by atoms with Crippen molar-refractivity contribution in [2.75, 3.05) is 13.6 Å². The van der Waals surface area contributed by atoms with Crippen molar-refractivity contribution in [2.24, 2.45) is 5.92 Å². The summed E-state index contributed by atoms with van der Waals surface area (Å²) in [5, 5.41) is 0. The monoisotopic (exact) mass is 291 g/mol. The van der Waals surface area contributed by atoms with Gasteiger partial charge in [0.1, 0.15) is 0 Å². The predicted octanol–water partition coefficient (Wildman–Crippen LogP) is 4.82. The van der Waals surface area contributed by atoms with Crippen LogP contribution in [0.5, 0.6) is 0 Å². The van der Waals surface area contributed by atoms with Gasteiger partial charge in [-0.25, -0.2) is 0 Å². The van der Waals surface area contributed by atoms with E-state index >= 15 is 0 Å². The van der Waals surface area contributed by atoms with Crippen LogP contribution in [0.3, 0.4) is 0 Å². The van der Waals surface area contributed by atoms with Gasteiger partial charge in [0.25, 0.3) is 0 Å². The molecule has 1 heterocycles. The average Bonchev–Trinajstić information content (AvgIpc) is 2.83. The first-order valence-electron chi connectivity index (χ1n) is 8.15. The van der Waals surface area contributed by atoms with Crippen LogP contribution in [0.15, 0.2) is 66.2 Å². The lowest BCUT2D eigenvalue weighted by Crippen LogP contribution is -2.29. The molecule has 1 saturated heterocycles. The van der Waals surface area contributed by atoms with Crippen molar-refractivity contribution in [3.63, 3.8) is 0 Å². The maximum atomic E-state index is 2.51. The Kier molecular flexibility index (Phi) is 4.44. The van der Waals surface area contributed by atoms with E-state index in [0.29, 0.717) is 17.9 Å². The van der Waals surface area contributed by atoms with E-state index < -0.39 is 0 Å². The Morgan fingerprint density at radius 2 is 1.59 bits per heavy atom. The molecular formula is C21H25N. The normalized spacial score (nSPS) is 26.3. The number of hydrogen-bond acceptors (Lipinski definition) is 1. The second kappa shape index (κ2) is 6.50. The van der Waals surface area contributed by atoms with E-state index in [2.05, 4.69) is 92.5 Å². The molecule has 1 unspecified atom stereocenters. The van der Waals surface area contributed by atoms with Crippen molar-refractivity contribution in [2.45, 2.75) is 25.8 Å². The molecule has 2 aromatic carbocycles. The molecule has 3 atom stereocenters. The Balaban J connectivity index is 1.94. The minimum atomic E-state index is 0.484. The van der Waals surface area contributed by atoms with Crippen LogP contribution in [0.1, 0.15) is 30.9 Å². The highest BCUT2D eigenvalue weighted by atomic mass is 15.2. The Bertz CT molecular complexity index is 629. The lowest BCUT2D eigenvalue weighted by molar-refractivity contribution is 0.333. The smallest absolute Gasteiger partial charge is 0.0376 e. The molecule has 1 fully saturated rings. The SMILES string of the molecule is CC(=Cc1ccccc1)[C@@H]1[C@@H](c2ccccc2)C(C)CN1C. The topological polar surface area (TPSA) is 3.24 Å². The fourth-order valence-corrected chi connectivity index (χ4v) is 3.98. The van der Waals surface area contributed by atoms with Crippen LogP contribution in [0.2, 0.25) is 0 Å². The number of benzene rings is 2. The van der Waals surface area contributed by atoms with E-state index in [1.807, 2.05) is 0 Å². The molecule has 22 heavy (non-hydrogen) atoms. The predicted molar refractivity (Wildman–Crippen MR) is 94.9 cm³/mol. The number of nitrogens with zero attached hydrogens (tertiary/aromatic N) is 1. The van der Waals surface area contributed by atoms with E-state index in [1.54, 1.807) is 0 Å². The zero-order valence-corrected chi connectivity index (χ0v) is 13.7. The summed E-state index contributed by atoms with van der Waals surface area (Å²) in [6, 6.07) is 22.1. The summed E-state index contributed by atoms with van der Waals surface area (Å²) < 4.78 is 0. The first-order chi connectivity index (χ1) is 10.7. The van der Waals surface area contributed by atoms with Crippen LogP contribution in [-0.2, 0) is 0 Å². The summed E-state index contributed by atoms with van der Waals surface area (Å²) in [6.07, 6.45) is 2.34. The first-order valence-corrected chi connectivity index (χ1v) is 8.15. The summed E-state index contributed by atoms with van der Waals surface area (Å²) in [5.41, 5.74) is 4.21. The highest BCUT2D eigenvalue weighted by Crippen LogP contribution is 2.40. The van der Waals surface area contributed by atoms with E-state index in [9.17, 15) is 0 Å². The van der Waals surface area contributed by atoms with Gasteiger partial charge in [-0.2, -0.15) is 0 Å². The summed E-state index contributed by atoms with van der Waals surface area (Å²) in [4.78, 5) is 2.51. The zero-order valence-electron chi connectivity index (χ0n) is 13.7. The van der Waals surface area contributed by atoms with Gasteiger partial charge >= 0.3 is 0 Å². The molecule has 0 saturated carbocycles. The van der Waals surface area contributed by atoms with Crippen molar-refractivity contribution < 1.29 is 0 Å². The van der Waals surface area contributed by atoms with Gasteiger partial charge in [0, 0.05) is 18.5 Å². The maximum absolute atomic E-state index is 2.51. The number of hydrogen-bond donors (Lipinski definition) is 0. The third-order valence-electron chi connectivity index (χ3n) is 4.85. The van der Waals surface area contributed by atoms with Crippen LogP contribution in [0, 0.1) is 5.92 Å². The van der Waals surface area contributed by atoms with Crippen molar-refractivity contribution in [1.29, 1.82) is 0 Å². The highest BCUT2D eigenvalue weighted by molar-refractivity contribution is 5.54. The number of likely N-dealkylation sites (N-methyl/N-ethyl adjacent to an activating group) is 1. The van der Waals surface area contributed by atoms with Gasteiger partial charge in [-0.3, -0.25) is 4.90 Å². The molecule has 0 aliphatic carbocycles. The number of likely N-dealkylation sites (tertiary alicyclic amines) is 1. The van der Waals surface area contributed by atoms with Gasteiger partial charge in [0.2, 0.25) is 0 Å². The summed E-state index contributed by atoms with van der Waals surface area (Å²) in [7, 11) is 2.26. The molecule has 1 heteroatoms. The van der Waals surface area contributed by atoms with E-state index in [0.717, 1.165) is 6.54 Å². The lowest BCUT2D eigenvalue weighted by atomic mass is 9.82. The Labute approximate surface area is 134 Å². The zero-order chi connectivity index (χ0) is 15.5. The minimum absolute atomic E-state index is 0.484. The van der Waals surface area contributed by atoms with Crippen LogP contribution >= 0.6 is 0 Å². The molecule has 1 nitrogen and oxygen atoms in total. The fraction of sp³-hybridized carbons (Fsp3) is 0.333. The van der Waals surface area contributed by atoms with E-state index in [1.165, 1.54) is 16.7 Å². The Hall–Kier alpha value is -1.86. The summed E-state index contributed by atoms with van der Waals surface area (Å²) in [6.45, 7) is 5.82. The maximum Gasteiger partial charge on any atom is 0.0376 e. The van der Waals surface area contributed by atoms with Gasteiger partial charge in [0.05, 0.1) is 0 Å². The molecule has 114 valence electrons. The summed E-state index contributed by atoms with van der Waals surface area (Å²) in [5.74, 6) is 1.25. The van der Waals surface area contributed by atoms with Crippen LogP contribution in [-0.4, -0.2) is 24.5 Å². The second-order valence-electron chi connectivity index (χ2n) is 6.60. The van der Waals surface area contributed by atoms with Crippen molar-refractivity contribution in [3.05, 3.63) is 77.4 Å². The molecule has 0 N–H and O–H groups in total. The molecule has 0 radical (unpaired) electrons. The highest BCUT2D eigenvalue weighted by Gasteiger charge is 2.38. The average molecular weight is 291 g/mol. The Morgan fingerprint density at radius 1 is 1.00 bits per heavy atom. The molecule has 0 spiro atoms. The third kappa shape index (κ3) is 3.00. The van der Waals surface area contributed by atoms with Gasteiger partial charge < -0.3 is 0 Å². The van der Waals surface area contributed by atoms with Crippen molar-refractivity contribution in [3.8, 4) is 0 Å². The van der Waals surface area contributed by atoms with Gasteiger partial charge in [-0.05, 0) is 31.0 Å². The largest absolute Gasteiger partial charge is 0.299 e. The molecule has 0 bridgehead atoms. The van der Waals surface area contributed by atoms with E-state index in [-0.39, 0.29) is 0 Å². The van der Waals surface area contributed by atoms with Crippen LogP contribution < -0.4 is 0 Å². The molecule has 2 aromatic rings. The third-order valence-corrected chi connectivity index (χ3v) is 4.85. The van der Waals surface area contributed by atoms with Crippen LogP contribution in [0.25, 0.3) is 6.08 Å². The number of rotatable bonds is 3. The van der Waals surface area contributed by atoms with Crippen molar-refractivity contribution in [1.82, 2.24) is 4.90 Å². The molecule has 3 rings (SSSR count). The quantitative estimate of drug-likeness (QED) is 0.783. The Morgan fingerprint density at radius 3 is 2.23 bits per heavy atom. The first kappa shape index (κ1) is 15.1. The lowest BCUT2D eigenvalue weighted by Gasteiger charge is -2.27. The molecule has 1 aliphatic heterocycles. The fourth-order valence-electron chi connectivity index (χ4n) is 3.98. The second-order valence-corrected chi connectivity index (χ2v) is 6.60. The van der Waals surface area contributed by atoms with Crippen molar-refractivity contribution >= 4 is 6.08 Å². The van der Waals surface area contributed by atoms with Gasteiger partial charge in [-0.15, -0.1) is 0 Å². The minimum Gasteiger partial charge on any atom is -0.299 e. The molecule has 0 amide bonds. The molecular weight excluding hydrogens is 266 g/mol. The molecule has 1 aliphatic rings. The van der Waals surface area contributed by atoms with Gasteiger partial charge in [-0.1, -0.05) is 79.2 Å². The van der Waals surface area contributed by atoms with Crippen LogP contribution in [0.4, 0.5) is 0 Å². The van der Waals surface area contributed by atoms with E-state index in [4.69, 9.17) is 0 Å². The standard InChI is InChI=1S/C21H25N/c1-16(14-18-10-6-4-7-11-18)21-20(17(2)15-22(21)3)19-12-8-5-9-13-19/h4-14,17,20-21H,15H2,1-3H3/t17?,20-,21-/m1/s1.